The third kappa shape index (κ3) is 4.27. The Morgan fingerprint density at radius 1 is 1.46 bits per heavy atom. The van der Waals surface area contributed by atoms with E-state index in [-0.39, 0.29) is 12.0 Å². The molecular weight excluding hydrogens is 166 g/mol. The molecule has 0 aromatic rings. The summed E-state index contributed by atoms with van der Waals surface area (Å²) in [7, 11) is 1.67. The minimum Gasteiger partial charge on any atom is -0.380 e. The van der Waals surface area contributed by atoms with E-state index in [1.165, 1.54) is 0 Å². The van der Waals surface area contributed by atoms with Crippen molar-refractivity contribution in [2.45, 2.75) is 46.3 Å². The fourth-order valence-corrected chi connectivity index (χ4v) is 1.19. The third-order valence-electron chi connectivity index (χ3n) is 2.38. The molecular formula is C10H21NO2. The molecule has 3 nitrogen and oxygen atoms in total. The zero-order valence-corrected chi connectivity index (χ0v) is 9.33. The fourth-order valence-electron chi connectivity index (χ4n) is 1.19. The number of hydrogen-bond donors (Lipinski definition) is 0. The van der Waals surface area contributed by atoms with E-state index >= 15 is 0 Å². The van der Waals surface area contributed by atoms with Crippen LogP contribution in [0.1, 0.15) is 34.1 Å². The van der Waals surface area contributed by atoms with Gasteiger partial charge in [-0.15, -0.1) is 0 Å². The number of carbonyl (C=O) groups is 1. The SMILES string of the molecule is CCC(C)N(CC(C)OC)C(C)=O. The lowest BCUT2D eigenvalue weighted by Crippen LogP contribution is -2.41. The summed E-state index contributed by atoms with van der Waals surface area (Å²) in [6.45, 7) is 8.40. The molecule has 0 N–H and O–H groups in total. The Kier molecular flexibility index (Phi) is 5.71. The Bertz CT molecular complexity index is 159. The molecule has 0 aliphatic rings. The number of hydrogen-bond acceptors (Lipinski definition) is 2. The van der Waals surface area contributed by atoms with Crippen LogP contribution in [0.5, 0.6) is 0 Å². The summed E-state index contributed by atoms with van der Waals surface area (Å²) in [5.41, 5.74) is 0. The predicted octanol–water partition coefficient (Wildman–Crippen LogP) is 1.67. The average Bonchev–Trinajstić information content (AvgIpc) is 2.11. The first kappa shape index (κ1) is 12.4. The van der Waals surface area contributed by atoms with E-state index in [1.807, 2.05) is 11.8 Å². The van der Waals surface area contributed by atoms with Crippen molar-refractivity contribution in [3.05, 3.63) is 0 Å². The Balaban J connectivity index is 4.17. The van der Waals surface area contributed by atoms with E-state index in [0.717, 1.165) is 6.42 Å². The molecule has 0 aliphatic heterocycles. The maximum atomic E-state index is 11.3. The molecule has 13 heavy (non-hydrogen) atoms. The lowest BCUT2D eigenvalue weighted by molar-refractivity contribution is -0.132. The summed E-state index contributed by atoms with van der Waals surface area (Å²) >= 11 is 0. The van der Waals surface area contributed by atoms with E-state index in [2.05, 4.69) is 13.8 Å². The summed E-state index contributed by atoms with van der Waals surface area (Å²) in [6.07, 6.45) is 1.09. The molecule has 2 atom stereocenters. The molecule has 0 heterocycles. The second-order valence-corrected chi connectivity index (χ2v) is 3.47. The average molecular weight is 187 g/mol. The van der Waals surface area contributed by atoms with Gasteiger partial charge < -0.3 is 9.64 Å². The minimum atomic E-state index is 0.109. The zero-order valence-electron chi connectivity index (χ0n) is 9.33. The quantitative estimate of drug-likeness (QED) is 0.655. The maximum absolute atomic E-state index is 11.3. The van der Waals surface area contributed by atoms with Crippen molar-refractivity contribution in [1.29, 1.82) is 0 Å². The van der Waals surface area contributed by atoms with Crippen LogP contribution in [0.3, 0.4) is 0 Å². The van der Waals surface area contributed by atoms with Gasteiger partial charge in [-0.2, -0.15) is 0 Å². The molecule has 0 fully saturated rings. The van der Waals surface area contributed by atoms with Gasteiger partial charge >= 0.3 is 0 Å². The van der Waals surface area contributed by atoms with E-state index in [0.29, 0.717) is 12.6 Å². The van der Waals surface area contributed by atoms with Gasteiger partial charge in [-0.25, -0.2) is 0 Å². The minimum absolute atomic E-state index is 0.109. The second-order valence-electron chi connectivity index (χ2n) is 3.47. The maximum Gasteiger partial charge on any atom is 0.219 e. The molecule has 0 aliphatic carbocycles. The van der Waals surface area contributed by atoms with Crippen molar-refractivity contribution in [3.8, 4) is 0 Å². The normalized spacial score (nSPS) is 15.2. The molecule has 3 heteroatoms. The number of rotatable bonds is 5. The Morgan fingerprint density at radius 2 is 2.00 bits per heavy atom. The predicted molar refractivity (Wildman–Crippen MR) is 53.6 cm³/mol. The van der Waals surface area contributed by atoms with Crippen molar-refractivity contribution in [3.63, 3.8) is 0 Å². The van der Waals surface area contributed by atoms with Crippen molar-refractivity contribution in [2.24, 2.45) is 0 Å². The Labute approximate surface area is 81.1 Å². The first-order valence-corrected chi connectivity index (χ1v) is 4.82. The van der Waals surface area contributed by atoms with Gasteiger partial charge in [0.1, 0.15) is 0 Å². The van der Waals surface area contributed by atoms with E-state index in [9.17, 15) is 4.79 Å². The number of methoxy groups -OCH3 is 1. The van der Waals surface area contributed by atoms with Gasteiger partial charge in [0.05, 0.1) is 6.10 Å². The second kappa shape index (κ2) is 5.97. The molecule has 78 valence electrons. The molecule has 0 saturated carbocycles. The summed E-state index contributed by atoms with van der Waals surface area (Å²) in [4.78, 5) is 13.1. The van der Waals surface area contributed by atoms with Crippen molar-refractivity contribution < 1.29 is 9.53 Å². The summed E-state index contributed by atoms with van der Waals surface area (Å²) in [6, 6.07) is 0.301. The number of ether oxygens (including phenoxy) is 1. The van der Waals surface area contributed by atoms with Crippen LogP contribution in [0, 0.1) is 0 Å². The molecule has 0 aromatic carbocycles. The largest absolute Gasteiger partial charge is 0.380 e. The molecule has 0 aromatic heterocycles. The lowest BCUT2D eigenvalue weighted by Gasteiger charge is -2.29. The highest BCUT2D eigenvalue weighted by Gasteiger charge is 2.17. The van der Waals surface area contributed by atoms with Crippen LogP contribution in [0.4, 0.5) is 0 Å². The highest BCUT2D eigenvalue weighted by Crippen LogP contribution is 2.05. The van der Waals surface area contributed by atoms with Crippen LogP contribution >= 0.6 is 0 Å². The van der Waals surface area contributed by atoms with Crippen LogP contribution in [-0.4, -0.2) is 36.6 Å². The van der Waals surface area contributed by atoms with Crippen molar-refractivity contribution in [1.82, 2.24) is 4.90 Å². The van der Waals surface area contributed by atoms with Crippen molar-refractivity contribution >= 4 is 5.91 Å². The van der Waals surface area contributed by atoms with E-state index in [4.69, 9.17) is 4.74 Å². The van der Waals surface area contributed by atoms with Gasteiger partial charge in [0.2, 0.25) is 5.91 Å². The van der Waals surface area contributed by atoms with Gasteiger partial charge in [0.25, 0.3) is 0 Å². The third-order valence-corrected chi connectivity index (χ3v) is 2.38. The standard InChI is InChI=1S/C10H21NO2/c1-6-8(2)11(10(4)12)7-9(3)13-5/h8-9H,6-7H2,1-5H3. The van der Waals surface area contributed by atoms with Gasteiger partial charge in [-0.1, -0.05) is 6.92 Å². The molecule has 1 amide bonds. The van der Waals surface area contributed by atoms with Crippen molar-refractivity contribution in [2.75, 3.05) is 13.7 Å². The van der Waals surface area contributed by atoms with Gasteiger partial charge in [0.15, 0.2) is 0 Å². The van der Waals surface area contributed by atoms with Crippen LogP contribution in [0.2, 0.25) is 0 Å². The fraction of sp³-hybridized carbons (Fsp3) is 0.900. The Morgan fingerprint density at radius 3 is 2.31 bits per heavy atom. The molecule has 0 saturated heterocycles. The molecule has 2 unspecified atom stereocenters. The smallest absolute Gasteiger partial charge is 0.219 e. The molecule has 0 spiro atoms. The van der Waals surface area contributed by atoms with Gasteiger partial charge in [-0.05, 0) is 20.3 Å². The highest BCUT2D eigenvalue weighted by atomic mass is 16.5. The zero-order chi connectivity index (χ0) is 10.4. The van der Waals surface area contributed by atoms with Crippen LogP contribution in [0.25, 0.3) is 0 Å². The number of carbonyl (C=O) groups excluding carboxylic acids is 1. The van der Waals surface area contributed by atoms with E-state index < -0.39 is 0 Å². The van der Waals surface area contributed by atoms with Crippen LogP contribution < -0.4 is 0 Å². The topological polar surface area (TPSA) is 29.5 Å². The summed E-state index contributed by atoms with van der Waals surface area (Å²) < 4.78 is 5.13. The monoisotopic (exact) mass is 187 g/mol. The van der Waals surface area contributed by atoms with Crippen LogP contribution in [-0.2, 0) is 9.53 Å². The summed E-state index contributed by atoms with van der Waals surface area (Å²) in [5.74, 6) is 0.123. The van der Waals surface area contributed by atoms with Gasteiger partial charge in [0, 0.05) is 26.6 Å². The number of nitrogens with zero attached hydrogens (tertiary/aromatic N) is 1. The summed E-state index contributed by atoms with van der Waals surface area (Å²) in [5, 5.41) is 0. The first-order valence-electron chi connectivity index (χ1n) is 4.82. The lowest BCUT2D eigenvalue weighted by atomic mass is 10.2. The molecule has 0 radical (unpaired) electrons. The molecule has 0 bridgehead atoms. The highest BCUT2D eigenvalue weighted by molar-refractivity contribution is 5.73. The number of amides is 1. The van der Waals surface area contributed by atoms with Crippen LogP contribution in [0.15, 0.2) is 0 Å². The first-order chi connectivity index (χ1) is 6.02. The molecule has 0 rings (SSSR count). The van der Waals surface area contributed by atoms with E-state index in [1.54, 1.807) is 14.0 Å². The Hall–Kier alpha value is -0.570. The van der Waals surface area contributed by atoms with Gasteiger partial charge in [-0.3, -0.25) is 4.79 Å².